The van der Waals surface area contributed by atoms with Gasteiger partial charge in [0.2, 0.25) is 0 Å². The summed E-state index contributed by atoms with van der Waals surface area (Å²) < 4.78 is 10.7. The molecule has 0 saturated carbocycles. The zero-order valence-electron chi connectivity index (χ0n) is 10.7. The number of methoxy groups -OCH3 is 1. The zero-order valence-corrected chi connectivity index (χ0v) is 12.3. The van der Waals surface area contributed by atoms with Gasteiger partial charge in [0.15, 0.2) is 5.76 Å². The molecule has 96 valence electrons. The van der Waals surface area contributed by atoms with E-state index in [0.717, 1.165) is 22.8 Å². The summed E-state index contributed by atoms with van der Waals surface area (Å²) in [6.07, 6.45) is 0. The Morgan fingerprint density at radius 1 is 1.33 bits per heavy atom. The molecule has 0 aliphatic rings. The van der Waals surface area contributed by atoms with Crippen LogP contribution in [0.2, 0.25) is 0 Å². The van der Waals surface area contributed by atoms with Crippen molar-refractivity contribution in [1.82, 2.24) is 5.16 Å². The highest BCUT2D eigenvalue weighted by atomic mass is 79.9. The number of halogens is 1. The molecule has 1 aromatic carbocycles. The maximum atomic E-state index is 5.38. The molecule has 0 bridgehead atoms. The molecule has 1 aromatic heterocycles. The molecule has 3 nitrogen and oxygen atoms in total. The molecular formula is C14H16BrNO2. The van der Waals surface area contributed by atoms with Gasteiger partial charge in [0, 0.05) is 11.4 Å². The van der Waals surface area contributed by atoms with Crippen molar-refractivity contribution in [3.05, 3.63) is 35.5 Å². The molecular weight excluding hydrogens is 294 g/mol. The topological polar surface area (TPSA) is 35.3 Å². The van der Waals surface area contributed by atoms with Crippen molar-refractivity contribution in [3.63, 3.8) is 0 Å². The van der Waals surface area contributed by atoms with Crippen LogP contribution in [0.25, 0.3) is 11.3 Å². The number of ether oxygens (including phenoxy) is 1. The number of benzene rings is 1. The van der Waals surface area contributed by atoms with Crippen molar-refractivity contribution in [2.75, 3.05) is 7.11 Å². The summed E-state index contributed by atoms with van der Waals surface area (Å²) >= 11 is 3.36. The lowest BCUT2D eigenvalue weighted by Crippen LogP contribution is -1.92. The predicted molar refractivity (Wildman–Crippen MR) is 75.2 cm³/mol. The van der Waals surface area contributed by atoms with Gasteiger partial charge >= 0.3 is 0 Å². The summed E-state index contributed by atoms with van der Waals surface area (Å²) in [5.41, 5.74) is 3.08. The van der Waals surface area contributed by atoms with Gasteiger partial charge in [-0.2, -0.15) is 0 Å². The number of nitrogens with zero attached hydrogens (tertiary/aromatic N) is 1. The zero-order chi connectivity index (χ0) is 13.1. The Kier molecular flexibility index (Phi) is 4.07. The number of aromatic nitrogens is 1. The highest BCUT2D eigenvalue weighted by molar-refractivity contribution is 9.08. The molecule has 2 aromatic rings. The minimum Gasteiger partial charge on any atom is -0.496 e. The van der Waals surface area contributed by atoms with Crippen LogP contribution in [0.4, 0.5) is 0 Å². The van der Waals surface area contributed by atoms with Crippen LogP contribution in [0.15, 0.2) is 28.8 Å². The van der Waals surface area contributed by atoms with E-state index < -0.39 is 0 Å². The average molecular weight is 310 g/mol. The lowest BCUT2D eigenvalue weighted by molar-refractivity contribution is 0.404. The Labute approximate surface area is 115 Å². The summed E-state index contributed by atoms with van der Waals surface area (Å²) in [7, 11) is 1.66. The Morgan fingerprint density at radius 2 is 2.11 bits per heavy atom. The lowest BCUT2D eigenvalue weighted by atomic mass is 9.99. The summed E-state index contributed by atoms with van der Waals surface area (Å²) in [6, 6.07) is 8.08. The van der Waals surface area contributed by atoms with Crippen molar-refractivity contribution in [2.24, 2.45) is 0 Å². The van der Waals surface area contributed by atoms with E-state index in [4.69, 9.17) is 9.26 Å². The number of hydrogen-bond acceptors (Lipinski definition) is 3. The normalized spacial score (nSPS) is 10.9. The molecule has 0 spiro atoms. The summed E-state index contributed by atoms with van der Waals surface area (Å²) in [5.74, 6) is 2.01. The molecule has 0 N–H and O–H groups in total. The fraction of sp³-hybridized carbons (Fsp3) is 0.357. The molecule has 4 heteroatoms. The van der Waals surface area contributed by atoms with Gasteiger partial charge in [-0.15, -0.1) is 0 Å². The standard InChI is InChI=1S/C14H16BrNO2/c1-9(2)10-4-5-13(17-3)12(6-10)14-7-11(8-15)16-18-14/h4-7,9H,8H2,1-3H3. The second-order valence-electron chi connectivity index (χ2n) is 4.43. The summed E-state index contributed by atoms with van der Waals surface area (Å²) in [4.78, 5) is 0. The molecule has 0 fully saturated rings. The molecule has 0 aliphatic heterocycles. The van der Waals surface area contributed by atoms with Crippen LogP contribution in [0.1, 0.15) is 31.0 Å². The predicted octanol–water partition coefficient (Wildman–Crippen LogP) is 4.37. The third-order valence-electron chi connectivity index (χ3n) is 2.85. The van der Waals surface area contributed by atoms with E-state index in [2.05, 4.69) is 47.1 Å². The Hall–Kier alpha value is -1.29. The van der Waals surface area contributed by atoms with E-state index in [-0.39, 0.29) is 0 Å². The average Bonchev–Trinajstić information content (AvgIpc) is 2.86. The lowest BCUT2D eigenvalue weighted by Gasteiger charge is -2.10. The largest absolute Gasteiger partial charge is 0.496 e. The van der Waals surface area contributed by atoms with Crippen molar-refractivity contribution in [2.45, 2.75) is 25.1 Å². The monoisotopic (exact) mass is 309 g/mol. The fourth-order valence-electron chi connectivity index (χ4n) is 1.78. The van der Waals surface area contributed by atoms with Gasteiger partial charge in [0.1, 0.15) is 5.75 Å². The number of hydrogen-bond donors (Lipinski definition) is 0. The van der Waals surface area contributed by atoms with Gasteiger partial charge in [-0.05, 0) is 23.6 Å². The van der Waals surface area contributed by atoms with Gasteiger partial charge in [-0.3, -0.25) is 0 Å². The van der Waals surface area contributed by atoms with Crippen molar-refractivity contribution in [3.8, 4) is 17.1 Å². The third-order valence-corrected chi connectivity index (χ3v) is 3.43. The van der Waals surface area contributed by atoms with Crippen LogP contribution in [0.5, 0.6) is 5.75 Å². The second kappa shape index (κ2) is 5.57. The molecule has 0 atom stereocenters. The number of alkyl halides is 1. The van der Waals surface area contributed by atoms with Crippen molar-refractivity contribution < 1.29 is 9.26 Å². The van der Waals surface area contributed by atoms with E-state index in [1.54, 1.807) is 7.11 Å². The maximum Gasteiger partial charge on any atom is 0.170 e. The molecule has 1 heterocycles. The third kappa shape index (κ3) is 2.58. The molecule has 0 amide bonds. The van der Waals surface area contributed by atoms with Gasteiger partial charge in [0.05, 0.1) is 18.4 Å². The first kappa shape index (κ1) is 13.1. The van der Waals surface area contributed by atoms with Crippen LogP contribution in [0, 0.1) is 0 Å². The Morgan fingerprint density at radius 3 is 2.67 bits per heavy atom. The smallest absolute Gasteiger partial charge is 0.170 e. The van der Waals surface area contributed by atoms with Crippen LogP contribution >= 0.6 is 15.9 Å². The van der Waals surface area contributed by atoms with Crippen LogP contribution in [-0.2, 0) is 5.33 Å². The first-order valence-electron chi connectivity index (χ1n) is 5.85. The van der Waals surface area contributed by atoms with E-state index in [0.29, 0.717) is 11.2 Å². The van der Waals surface area contributed by atoms with Gasteiger partial charge in [0.25, 0.3) is 0 Å². The van der Waals surface area contributed by atoms with Crippen LogP contribution < -0.4 is 4.74 Å². The van der Waals surface area contributed by atoms with Gasteiger partial charge in [-0.25, -0.2) is 0 Å². The minimum atomic E-state index is 0.466. The maximum absolute atomic E-state index is 5.38. The van der Waals surface area contributed by atoms with Crippen molar-refractivity contribution >= 4 is 15.9 Å². The van der Waals surface area contributed by atoms with Crippen LogP contribution in [0.3, 0.4) is 0 Å². The first-order chi connectivity index (χ1) is 8.65. The highest BCUT2D eigenvalue weighted by Gasteiger charge is 2.13. The quantitative estimate of drug-likeness (QED) is 0.787. The molecule has 2 rings (SSSR count). The molecule has 18 heavy (non-hydrogen) atoms. The molecule has 0 unspecified atom stereocenters. The highest BCUT2D eigenvalue weighted by Crippen LogP contribution is 2.33. The Bertz CT molecular complexity index is 534. The first-order valence-corrected chi connectivity index (χ1v) is 6.97. The van der Waals surface area contributed by atoms with E-state index >= 15 is 0 Å². The molecule has 0 saturated heterocycles. The van der Waals surface area contributed by atoms with Crippen LogP contribution in [-0.4, -0.2) is 12.3 Å². The molecule has 0 aliphatic carbocycles. The SMILES string of the molecule is COc1ccc(C(C)C)cc1-c1cc(CBr)no1. The van der Waals surface area contributed by atoms with Gasteiger partial charge < -0.3 is 9.26 Å². The second-order valence-corrected chi connectivity index (χ2v) is 4.99. The Balaban J connectivity index is 2.49. The van der Waals surface area contributed by atoms with Gasteiger partial charge in [-0.1, -0.05) is 41.0 Å². The van der Waals surface area contributed by atoms with E-state index in [1.807, 2.05) is 12.1 Å². The number of rotatable bonds is 4. The fourth-order valence-corrected chi connectivity index (χ4v) is 2.04. The summed E-state index contributed by atoms with van der Waals surface area (Å²) in [6.45, 7) is 4.33. The van der Waals surface area contributed by atoms with E-state index in [9.17, 15) is 0 Å². The minimum absolute atomic E-state index is 0.466. The van der Waals surface area contributed by atoms with Crippen molar-refractivity contribution in [1.29, 1.82) is 0 Å². The van der Waals surface area contributed by atoms with E-state index in [1.165, 1.54) is 5.56 Å². The molecule has 0 radical (unpaired) electrons. The summed E-state index contributed by atoms with van der Waals surface area (Å²) in [5, 5.41) is 4.67.